The molecular formula is C18H17NO2. The molecule has 0 saturated carbocycles. The van der Waals surface area contributed by atoms with E-state index in [1.807, 2.05) is 36.4 Å². The number of aldehydes is 1. The monoisotopic (exact) mass is 279 g/mol. The molecule has 1 aromatic heterocycles. The quantitative estimate of drug-likeness (QED) is 0.562. The van der Waals surface area contributed by atoms with Gasteiger partial charge in [0.2, 0.25) is 0 Å². The summed E-state index contributed by atoms with van der Waals surface area (Å²) in [5, 5.41) is 1.04. The van der Waals surface area contributed by atoms with E-state index in [1.54, 1.807) is 6.07 Å². The fourth-order valence-electron chi connectivity index (χ4n) is 2.54. The minimum Gasteiger partial charge on any atom is -0.456 e. The lowest BCUT2D eigenvalue weighted by atomic mass is 9.94. The lowest BCUT2D eigenvalue weighted by molar-refractivity contribution is 0.112. The molecule has 0 spiro atoms. The van der Waals surface area contributed by atoms with Gasteiger partial charge in [0.1, 0.15) is 11.3 Å². The minimum absolute atomic E-state index is 0.244. The third-order valence-electron chi connectivity index (χ3n) is 3.70. The average Bonchev–Trinajstić information content (AvgIpc) is 2.91. The number of hydrogen-bond donors (Lipinski definition) is 1. The van der Waals surface area contributed by atoms with Crippen LogP contribution in [0.3, 0.4) is 0 Å². The maximum absolute atomic E-state index is 11.2. The number of carbonyl (C=O) groups is 1. The summed E-state index contributed by atoms with van der Waals surface area (Å²) in [6.07, 6.45) is 0.799. The summed E-state index contributed by atoms with van der Waals surface area (Å²) >= 11 is 0. The molecule has 2 N–H and O–H groups in total. The lowest BCUT2D eigenvalue weighted by Gasteiger charge is -2.13. The Labute approximate surface area is 123 Å². The van der Waals surface area contributed by atoms with Crippen LogP contribution in [0.25, 0.3) is 22.3 Å². The van der Waals surface area contributed by atoms with Crippen LogP contribution in [0.1, 0.15) is 35.7 Å². The van der Waals surface area contributed by atoms with Gasteiger partial charge >= 0.3 is 0 Å². The van der Waals surface area contributed by atoms with Crippen molar-refractivity contribution in [2.75, 3.05) is 5.73 Å². The van der Waals surface area contributed by atoms with Crippen molar-refractivity contribution >= 4 is 22.9 Å². The maximum atomic E-state index is 11.2. The third kappa shape index (κ3) is 2.31. The highest BCUT2D eigenvalue weighted by Crippen LogP contribution is 2.33. The molecule has 0 unspecified atom stereocenters. The van der Waals surface area contributed by atoms with Crippen molar-refractivity contribution in [2.45, 2.75) is 19.8 Å². The lowest BCUT2D eigenvalue weighted by Crippen LogP contribution is -2.01. The number of benzene rings is 2. The third-order valence-corrected chi connectivity index (χ3v) is 3.70. The first-order valence-electron chi connectivity index (χ1n) is 6.97. The Morgan fingerprint density at radius 1 is 1.14 bits per heavy atom. The second-order valence-corrected chi connectivity index (χ2v) is 5.49. The van der Waals surface area contributed by atoms with Gasteiger partial charge in [-0.2, -0.15) is 0 Å². The molecule has 3 heteroatoms. The van der Waals surface area contributed by atoms with Crippen LogP contribution in [0.15, 0.2) is 46.9 Å². The first kappa shape index (κ1) is 13.4. The maximum Gasteiger partial charge on any atom is 0.152 e. The Morgan fingerprint density at radius 3 is 2.57 bits per heavy atom. The van der Waals surface area contributed by atoms with Crippen LogP contribution in [0.4, 0.5) is 5.69 Å². The predicted octanol–water partition coefficient (Wildman–Crippen LogP) is 4.62. The van der Waals surface area contributed by atoms with Crippen molar-refractivity contribution in [3.63, 3.8) is 0 Å². The molecular weight excluding hydrogens is 262 g/mol. The summed E-state index contributed by atoms with van der Waals surface area (Å²) in [4.78, 5) is 11.2. The topological polar surface area (TPSA) is 56.2 Å². The Kier molecular flexibility index (Phi) is 3.26. The summed E-state index contributed by atoms with van der Waals surface area (Å²) < 4.78 is 5.87. The van der Waals surface area contributed by atoms with Crippen LogP contribution in [0.2, 0.25) is 0 Å². The van der Waals surface area contributed by atoms with Crippen LogP contribution >= 0.6 is 0 Å². The summed E-state index contributed by atoms with van der Waals surface area (Å²) in [5.74, 6) is 0.995. The van der Waals surface area contributed by atoms with Gasteiger partial charge in [0.05, 0.1) is 0 Å². The van der Waals surface area contributed by atoms with Crippen LogP contribution in [0.5, 0.6) is 0 Å². The first-order chi connectivity index (χ1) is 10.1. The van der Waals surface area contributed by atoms with E-state index in [4.69, 9.17) is 10.2 Å². The molecule has 0 atom stereocenters. The van der Waals surface area contributed by atoms with Crippen molar-refractivity contribution < 1.29 is 9.21 Å². The smallest absolute Gasteiger partial charge is 0.152 e. The molecule has 0 fully saturated rings. The Morgan fingerprint density at radius 2 is 1.90 bits per heavy atom. The molecule has 3 nitrogen and oxygen atoms in total. The van der Waals surface area contributed by atoms with E-state index in [0.29, 0.717) is 11.3 Å². The molecule has 0 bridgehead atoms. The minimum atomic E-state index is 0.244. The number of hydrogen-bond acceptors (Lipinski definition) is 3. The zero-order chi connectivity index (χ0) is 15.0. The number of rotatable bonds is 3. The van der Waals surface area contributed by atoms with Gasteiger partial charge in [-0.3, -0.25) is 4.79 Å². The number of carbonyl (C=O) groups excluding carboxylic acids is 1. The van der Waals surface area contributed by atoms with Gasteiger partial charge in [-0.25, -0.2) is 0 Å². The van der Waals surface area contributed by atoms with E-state index in [1.165, 1.54) is 0 Å². The molecule has 106 valence electrons. The molecule has 21 heavy (non-hydrogen) atoms. The fraction of sp³-hybridized carbons (Fsp3) is 0.167. The van der Waals surface area contributed by atoms with Crippen molar-refractivity contribution in [1.82, 2.24) is 0 Å². The van der Waals surface area contributed by atoms with Gasteiger partial charge in [-0.1, -0.05) is 32.0 Å². The summed E-state index contributed by atoms with van der Waals surface area (Å²) in [5.41, 5.74) is 9.81. The number of nitrogen functional groups attached to an aromatic ring is 1. The highest BCUT2D eigenvalue weighted by molar-refractivity contribution is 5.89. The van der Waals surface area contributed by atoms with Crippen LogP contribution in [-0.2, 0) is 0 Å². The second kappa shape index (κ2) is 5.09. The van der Waals surface area contributed by atoms with E-state index in [0.717, 1.165) is 34.1 Å². The SMILES string of the molecule is CC(C)c1cc(-c2cc3ccccc3o2)cc(C=O)c1N. The van der Waals surface area contributed by atoms with Crippen molar-refractivity contribution in [2.24, 2.45) is 0 Å². The van der Waals surface area contributed by atoms with Gasteiger partial charge in [0.15, 0.2) is 6.29 Å². The van der Waals surface area contributed by atoms with Crippen LogP contribution < -0.4 is 5.73 Å². The van der Waals surface area contributed by atoms with Gasteiger partial charge in [0.25, 0.3) is 0 Å². The zero-order valence-corrected chi connectivity index (χ0v) is 12.1. The van der Waals surface area contributed by atoms with E-state index in [2.05, 4.69) is 13.8 Å². The average molecular weight is 279 g/mol. The Bertz CT molecular complexity index is 782. The number of para-hydroxylation sites is 1. The molecule has 3 rings (SSSR count). The predicted molar refractivity (Wildman–Crippen MR) is 85.5 cm³/mol. The molecule has 0 aliphatic carbocycles. The Balaban J connectivity index is 2.21. The molecule has 1 heterocycles. The normalized spacial score (nSPS) is 11.2. The van der Waals surface area contributed by atoms with Crippen molar-refractivity contribution in [3.05, 3.63) is 53.6 Å². The van der Waals surface area contributed by atoms with Gasteiger partial charge in [0, 0.05) is 22.2 Å². The number of anilines is 1. The highest BCUT2D eigenvalue weighted by Gasteiger charge is 2.14. The van der Waals surface area contributed by atoms with E-state index in [9.17, 15) is 4.79 Å². The van der Waals surface area contributed by atoms with Crippen LogP contribution in [0, 0.1) is 0 Å². The molecule has 0 aliphatic rings. The van der Waals surface area contributed by atoms with Crippen LogP contribution in [-0.4, -0.2) is 6.29 Å². The van der Waals surface area contributed by atoms with Gasteiger partial charge in [-0.15, -0.1) is 0 Å². The molecule has 2 aromatic carbocycles. The van der Waals surface area contributed by atoms with E-state index in [-0.39, 0.29) is 5.92 Å². The van der Waals surface area contributed by atoms with E-state index >= 15 is 0 Å². The van der Waals surface area contributed by atoms with Crippen molar-refractivity contribution in [3.8, 4) is 11.3 Å². The zero-order valence-electron chi connectivity index (χ0n) is 12.1. The number of furan rings is 1. The van der Waals surface area contributed by atoms with Gasteiger partial charge in [-0.05, 0) is 35.7 Å². The molecule has 0 saturated heterocycles. The molecule has 0 amide bonds. The van der Waals surface area contributed by atoms with E-state index < -0.39 is 0 Å². The number of fused-ring (bicyclic) bond motifs is 1. The largest absolute Gasteiger partial charge is 0.456 e. The summed E-state index contributed by atoms with van der Waals surface area (Å²) in [6, 6.07) is 13.6. The molecule has 3 aromatic rings. The fourth-order valence-corrected chi connectivity index (χ4v) is 2.54. The number of nitrogens with two attached hydrogens (primary N) is 1. The second-order valence-electron chi connectivity index (χ2n) is 5.49. The highest BCUT2D eigenvalue weighted by atomic mass is 16.3. The summed E-state index contributed by atoms with van der Waals surface area (Å²) in [6.45, 7) is 4.12. The molecule has 0 aliphatic heterocycles. The first-order valence-corrected chi connectivity index (χ1v) is 6.97. The Hall–Kier alpha value is -2.55. The summed E-state index contributed by atoms with van der Waals surface area (Å²) in [7, 11) is 0. The standard InChI is InChI=1S/C18H17NO2/c1-11(2)15-8-13(7-14(10-20)18(15)19)17-9-12-5-3-4-6-16(12)21-17/h3-11H,19H2,1-2H3. The molecule has 0 radical (unpaired) electrons. The van der Waals surface area contributed by atoms with Crippen molar-refractivity contribution in [1.29, 1.82) is 0 Å². The van der Waals surface area contributed by atoms with Gasteiger partial charge < -0.3 is 10.2 Å².